The number of para-hydroxylation sites is 1. The monoisotopic (exact) mass is 192 g/mol. The Bertz CT molecular complexity index is 306. The van der Waals surface area contributed by atoms with Gasteiger partial charge in [-0.3, -0.25) is 0 Å². The zero-order chi connectivity index (χ0) is 10.4. The Morgan fingerprint density at radius 2 is 2.07 bits per heavy atom. The van der Waals surface area contributed by atoms with Crippen molar-refractivity contribution in [3.63, 3.8) is 0 Å². The van der Waals surface area contributed by atoms with Gasteiger partial charge in [-0.05, 0) is 18.2 Å². The molecule has 74 valence electrons. The number of hydrogen-bond acceptors (Lipinski definition) is 3. The minimum absolute atomic E-state index is 0.455. The summed E-state index contributed by atoms with van der Waals surface area (Å²) in [7, 11) is 1.31. The number of carbonyl (C=O) groups is 1. The molecule has 3 heteroatoms. The summed E-state index contributed by atoms with van der Waals surface area (Å²) in [5.74, 6) is 0.159. The van der Waals surface area contributed by atoms with Gasteiger partial charge in [0.15, 0.2) is 0 Å². The van der Waals surface area contributed by atoms with Crippen LogP contribution < -0.4 is 4.74 Å². The molecule has 0 amide bonds. The molecule has 0 saturated heterocycles. The van der Waals surface area contributed by atoms with E-state index in [1.54, 1.807) is 12.1 Å². The molecule has 0 aliphatic rings. The number of esters is 1. The Hall–Kier alpha value is -1.77. The molecule has 0 fully saturated rings. The maximum Gasteiger partial charge on any atom is 0.351 e. The summed E-state index contributed by atoms with van der Waals surface area (Å²) in [4.78, 5) is 11.1. The van der Waals surface area contributed by atoms with Crippen LogP contribution in [0.3, 0.4) is 0 Å². The molecule has 0 aromatic heterocycles. The molecule has 0 aliphatic heterocycles. The lowest BCUT2D eigenvalue weighted by Gasteiger charge is -2.12. The van der Waals surface area contributed by atoms with Gasteiger partial charge in [0.05, 0.1) is 7.11 Å². The van der Waals surface area contributed by atoms with Gasteiger partial charge in [0.1, 0.15) is 5.75 Å². The zero-order valence-corrected chi connectivity index (χ0v) is 7.97. The zero-order valence-electron chi connectivity index (χ0n) is 7.97. The van der Waals surface area contributed by atoms with Crippen molar-refractivity contribution < 1.29 is 14.3 Å². The molecule has 0 spiro atoms. The summed E-state index contributed by atoms with van der Waals surface area (Å²) >= 11 is 0. The maximum absolute atomic E-state index is 11.1. The van der Waals surface area contributed by atoms with Crippen molar-refractivity contribution in [2.75, 3.05) is 7.11 Å². The Kier molecular flexibility index (Phi) is 3.73. The SMILES string of the molecule is C=CC(Oc1ccccc1)C(=O)OC. The van der Waals surface area contributed by atoms with Crippen LogP contribution in [0.15, 0.2) is 43.0 Å². The fourth-order valence-electron chi connectivity index (χ4n) is 0.954. The standard InChI is InChI=1S/C11H12O3/c1-3-10(11(12)13-2)14-9-7-5-4-6-8-9/h3-8,10H,1H2,2H3. The summed E-state index contributed by atoms with van der Waals surface area (Å²) in [5.41, 5.74) is 0. The van der Waals surface area contributed by atoms with Gasteiger partial charge < -0.3 is 9.47 Å². The third kappa shape index (κ3) is 2.62. The van der Waals surface area contributed by atoms with E-state index in [2.05, 4.69) is 11.3 Å². The largest absolute Gasteiger partial charge is 0.475 e. The van der Waals surface area contributed by atoms with Crippen molar-refractivity contribution in [3.05, 3.63) is 43.0 Å². The van der Waals surface area contributed by atoms with Gasteiger partial charge in [-0.2, -0.15) is 0 Å². The average molecular weight is 192 g/mol. The molecular formula is C11H12O3. The molecule has 0 heterocycles. The Labute approximate surface area is 83.0 Å². The van der Waals surface area contributed by atoms with Crippen molar-refractivity contribution >= 4 is 5.97 Å². The maximum atomic E-state index is 11.1. The van der Waals surface area contributed by atoms with E-state index < -0.39 is 12.1 Å². The highest BCUT2D eigenvalue weighted by Gasteiger charge is 2.16. The van der Waals surface area contributed by atoms with Crippen molar-refractivity contribution in [1.82, 2.24) is 0 Å². The van der Waals surface area contributed by atoms with Crippen molar-refractivity contribution in [2.24, 2.45) is 0 Å². The van der Waals surface area contributed by atoms with E-state index in [0.29, 0.717) is 5.75 Å². The van der Waals surface area contributed by atoms with Crippen LogP contribution in [0.5, 0.6) is 5.75 Å². The summed E-state index contributed by atoms with van der Waals surface area (Å²) in [6.07, 6.45) is 0.654. The topological polar surface area (TPSA) is 35.5 Å². The second kappa shape index (κ2) is 5.07. The van der Waals surface area contributed by atoms with Gasteiger partial charge in [-0.25, -0.2) is 4.79 Å². The lowest BCUT2D eigenvalue weighted by Crippen LogP contribution is -2.25. The van der Waals surface area contributed by atoms with Gasteiger partial charge >= 0.3 is 5.97 Å². The predicted octanol–water partition coefficient (Wildman–Crippen LogP) is 1.79. The van der Waals surface area contributed by atoms with E-state index in [1.165, 1.54) is 13.2 Å². The second-order valence-electron chi connectivity index (χ2n) is 2.61. The molecule has 1 aromatic rings. The Balaban J connectivity index is 2.66. The summed E-state index contributed by atoms with van der Waals surface area (Å²) in [6, 6.07) is 9.05. The van der Waals surface area contributed by atoms with E-state index in [1.807, 2.05) is 18.2 Å². The molecule has 0 saturated carbocycles. The Morgan fingerprint density at radius 1 is 1.43 bits per heavy atom. The number of hydrogen-bond donors (Lipinski definition) is 0. The van der Waals surface area contributed by atoms with E-state index in [4.69, 9.17) is 4.74 Å². The van der Waals surface area contributed by atoms with Gasteiger partial charge in [-0.15, -0.1) is 0 Å². The van der Waals surface area contributed by atoms with Crippen molar-refractivity contribution in [3.8, 4) is 5.75 Å². The number of rotatable bonds is 4. The minimum atomic E-state index is -0.748. The number of benzene rings is 1. The van der Waals surface area contributed by atoms with Crippen LogP contribution in [-0.4, -0.2) is 19.2 Å². The summed E-state index contributed by atoms with van der Waals surface area (Å²) in [6.45, 7) is 3.50. The lowest BCUT2D eigenvalue weighted by molar-refractivity contribution is -0.146. The smallest absolute Gasteiger partial charge is 0.351 e. The number of methoxy groups -OCH3 is 1. The summed E-state index contributed by atoms with van der Waals surface area (Å²) in [5, 5.41) is 0. The number of ether oxygens (including phenoxy) is 2. The minimum Gasteiger partial charge on any atom is -0.475 e. The van der Waals surface area contributed by atoms with E-state index >= 15 is 0 Å². The molecular weight excluding hydrogens is 180 g/mol. The predicted molar refractivity (Wildman–Crippen MR) is 53.1 cm³/mol. The average Bonchev–Trinajstić information content (AvgIpc) is 2.26. The molecule has 1 unspecified atom stereocenters. The van der Waals surface area contributed by atoms with Gasteiger partial charge in [-0.1, -0.05) is 24.8 Å². The van der Waals surface area contributed by atoms with Crippen LogP contribution >= 0.6 is 0 Å². The first-order chi connectivity index (χ1) is 6.77. The van der Waals surface area contributed by atoms with Gasteiger partial charge in [0.25, 0.3) is 0 Å². The first kappa shape index (κ1) is 10.3. The molecule has 3 nitrogen and oxygen atoms in total. The summed E-state index contributed by atoms with van der Waals surface area (Å²) < 4.78 is 9.86. The van der Waals surface area contributed by atoms with Gasteiger partial charge in [0, 0.05) is 0 Å². The van der Waals surface area contributed by atoms with Crippen molar-refractivity contribution in [2.45, 2.75) is 6.10 Å². The van der Waals surface area contributed by atoms with E-state index in [-0.39, 0.29) is 0 Å². The van der Waals surface area contributed by atoms with Crippen LogP contribution in [0, 0.1) is 0 Å². The van der Waals surface area contributed by atoms with E-state index in [9.17, 15) is 4.79 Å². The molecule has 0 radical (unpaired) electrons. The molecule has 0 aliphatic carbocycles. The fraction of sp³-hybridized carbons (Fsp3) is 0.182. The van der Waals surface area contributed by atoms with Crippen LogP contribution in [-0.2, 0) is 9.53 Å². The van der Waals surface area contributed by atoms with Crippen LogP contribution in [0.1, 0.15) is 0 Å². The number of carbonyl (C=O) groups excluding carboxylic acids is 1. The molecule has 0 N–H and O–H groups in total. The van der Waals surface area contributed by atoms with Gasteiger partial charge in [0.2, 0.25) is 6.10 Å². The molecule has 1 aromatic carbocycles. The Morgan fingerprint density at radius 3 is 2.57 bits per heavy atom. The first-order valence-corrected chi connectivity index (χ1v) is 4.20. The second-order valence-corrected chi connectivity index (χ2v) is 2.61. The van der Waals surface area contributed by atoms with Crippen molar-refractivity contribution in [1.29, 1.82) is 0 Å². The molecule has 1 rings (SSSR count). The highest BCUT2D eigenvalue weighted by atomic mass is 16.6. The molecule has 14 heavy (non-hydrogen) atoms. The van der Waals surface area contributed by atoms with Crippen LogP contribution in [0.25, 0.3) is 0 Å². The quantitative estimate of drug-likeness (QED) is 0.539. The third-order valence-electron chi connectivity index (χ3n) is 1.65. The first-order valence-electron chi connectivity index (χ1n) is 4.20. The van der Waals surface area contributed by atoms with E-state index in [0.717, 1.165) is 0 Å². The third-order valence-corrected chi connectivity index (χ3v) is 1.65. The highest BCUT2D eigenvalue weighted by Crippen LogP contribution is 2.11. The molecule has 0 bridgehead atoms. The lowest BCUT2D eigenvalue weighted by atomic mass is 10.3. The van der Waals surface area contributed by atoms with Crippen LogP contribution in [0.4, 0.5) is 0 Å². The van der Waals surface area contributed by atoms with Crippen LogP contribution in [0.2, 0.25) is 0 Å². The highest BCUT2D eigenvalue weighted by molar-refractivity contribution is 5.77. The molecule has 1 atom stereocenters. The fourth-order valence-corrected chi connectivity index (χ4v) is 0.954. The normalized spacial score (nSPS) is 11.5.